The lowest BCUT2D eigenvalue weighted by atomic mass is 10.1. The molecule has 92 valence electrons. The number of benzene rings is 1. The molecule has 0 radical (unpaired) electrons. The minimum atomic E-state index is -0.450. The molecule has 6 N–H and O–H groups in total. The maximum Gasteiger partial charge on any atom is 0.328 e. The van der Waals surface area contributed by atoms with E-state index in [1.807, 2.05) is 13.8 Å². The van der Waals surface area contributed by atoms with Crippen molar-refractivity contribution in [3.05, 3.63) is 23.3 Å². The van der Waals surface area contributed by atoms with Crippen LogP contribution in [0.3, 0.4) is 0 Å². The summed E-state index contributed by atoms with van der Waals surface area (Å²) in [5.41, 5.74) is 13.9. The van der Waals surface area contributed by atoms with Gasteiger partial charge in [-0.2, -0.15) is 0 Å². The van der Waals surface area contributed by atoms with Crippen LogP contribution in [-0.4, -0.2) is 19.0 Å². The molecule has 6 nitrogen and oxygen atoms in total. The van der Waals surface area contributed by atoms with Crippen LogP contribution >= 0.6 is 0 Å². The first-order valence-electron chi connectivity index (χ1n) is 5.11. The molecule has 0 unspecified atom stereocenters. The summed E-state index contributed by atoms with van der Waals surface area (Å²) in [6, 6.07) is 3.02. The van der Waals surface area contributed by atoms with E-state index in [0.29, 0.717) is 11.4 Å². The van der Waals surface area contributed by atoms with E-state index in [-0.39, 0.29) is 5.96 Å². The molecule has 2 amide bonds. The van der Waals surface area contributed by atoms with Gasteiger partial charge in [0, 0.05) is 12.7 Å². The van der Waals surface area contributed by atoms with Crippen molar-refractivity contribution in [2.75, 3.05) is 17.7 Å². The van der Waals surface area contributed by atoms with Crippen molar-refractivity contribution >= 4 is 23.4 Å². The van der Waals surface area contributed by atoms with Crippen LogP contribution < -0.4 is 21.7 Å². The maximum atomic E-state index is 11.7. The van der Waals surface area contributed by atoms with E-state index >= 15 is 0 Å². The van der Waals surface area contributed by atoms with Crippen LogP contribution in [0, 0.1) is 19.3 Å². The summed E-state index contributed by atoms with van der Waals surface area (Å²) >= 11 is 0. The molecule has 0 aliphatic heterocycles. The number of hydrogen-bond acceptors (Lipinski definition) is 3. The predicted octanol–water partition coefficient (Wildman–Crippen LogP) is 0.925. The quantitative estimate of drug-likeness (QED) is 0.330. The Morgan fingerprint density at radius 2 is 1.82 bits per heavy atom. The first-order valence-corrected chi connectivity index (χ1v) is 5.11. The van der Waals surface area contributed by atoms with E-state index in [1.165, 1.54) is 7.05 Å². The Kier molecular flexibility index (Phi) is 3.57. The second-order valence-corrected chi connectivity index (χ2v) is 3.78. The van der Waals surface area contributed by atoms with Gasteiger partial charge in [0.2, 0.25) is 5.96 Å². The zero-order valence-corrected chi connectivity index (χ0v) is 10.2. The normalized spacial score (nSPS) is 9.82. The highest BCUT2D eigenvalue weighted by Crippen LogP contribution is 2.27. The summed E-state index contributed by atoms with van der Waals surface area (Å²) in [7, 11) is 1.49. The maximum absolute atomic E-state index is 11.7. The van der Waals surface area contributed by atoms with Gasteiger partial charge in [-0.25, -0.2) is 9.69 Å². The van der Waals surface area contributed by atoms with Crippen LogP contribution in [0.1, 0.15) is 11.1 Å². The molecule has 0 bridgehead atoms. The van der Waals surface area contributed by atoms with Crippen molar-refractivity contribution < 1.29 is 4.79 Å². The number of anilines is 2. The third-order valence-electron chi connectivity index (χ3n) is 2.39. The second kappa shape index (κ2) is 4.73. The standard InChI is InChI=1S/C11H17N5O/c1-6-4-8(12)5-7(2)9(6)16(10(13)14)11(17)15-3/h4-5H,12H2,1-3H3,(H3,13,14)(H,15,17). The highest BCUT2D eigenvalue weighted by atomic mass is 16.2. The minimum absolute atomic E-state index is 0.333. The number of nitrogen functional groups attached to an aromatic ring is 1. The topological polar surface area (TPSA) is 108 Å². The van der Waals surface area contributed by atoms with Gasteiger partial charge in [-0.05, 0) is 37.1 Å². The lowest BCUT2D eigenvalue weighted by Crippen LogP contribution is -2.46. The first kappa shape index (κ1) is 12.8. The van der Waals surface area contributed by atoms with Crippen molar-refractivity contribution in [2.45, 2.75) is 13.8 Å². The van der Waals surface area contributed by atoms with Gasteiger partial charge in [-0.15, -0.1) is 0 Å². The van der Waals surface area contributed by atoms with Gasteiger partial charge >= 0.3 is 6.03 Å². The number of urea groups is 1. The van der Waals surface area contributed by atoms with Crippen LogP contribution in [0.25, 0.3) is 0 Å². The molecule has 1 aromatic rings. The van der Waals surface area contributed by atoms with Crippen LogP contribution in [-0.2, 0) is 0 Å². The van der Waals surface area contributed by atoms with Gasteiger partial charge in [0.1, 0.15) is 0 Å². The molecule has 0 aliphatic rings. The number of nitrogens with one attached hydrogen (secondary N) is 2. The van der Waals surface area contributed by atoms with Crippen LogP contribution in [0.2, 0.25) is 0 Å². The SMILES string of the molecule is CNC(=O)N(C(=N)N)c1c(C)cc(N)cc1C. The number of carbonyl (C=O) groups excluding carboxylic acids is 1. The number of rotatable bonds is 1. The predicted molar refractivity (Wildman–Crippen MR) is 69.2 cm³/mol. The van der Waals surface area contributed by atoms with Gasteiger partial charge in [-0.3, -0.25) is 5.41 Å². The summed E-state index contributed by atoms with van der Waals surface area (Å²) in [6.07, 6.45) is 0. The molecule has 0 aromatic heterocycles. The molecule has 0 fully saturated rings. The van der Waals surface area contributed by atoms with E-state index in [2.05, 4.69) is 5.32 Å². The van der Waals surface area contributed by atoms with Gasteiger partial charge in [0.15, 0.2) is 0 Å². The summed E-state index contributed by atoms with van der Waals surface area (Å²) < 4.78 is 0. The number of nitrogens with two attached hydrogens (primary N) is 2. The van der Waals surface area contributed by atoms with Crippen molar-refractivity contribution in [3.8, 4) is 0 Å². The lowest BCUT2D eigenvalue weighted by molar-refractivity contribution is 0.251. The molecule has 0 atom stereocenters. The fraction of sp³-hybridized carbons (Fsp3) is 0.273. The van der Waals surface area contributed by atoms with Crippen molar-refractivity contribution in [2.24, 2.45) is 5.73 Å². The zero-order chi connectivity index (χ0) is 13.2. The van der Waals surface area contributed by atoms with Crippen LogP contribution in [0.5, 0.6) is 0 Å². The van der Waals surface area contributed by atoms with E-state index in [1.54, 1.807) is 12.1 Å². The molecule has 1 aromatic carbocycles. The Labute approximate surface area is 100 Å². The summed E-state index contributed by atoms with van der Waals surface area (Å²) in [4.78, 5) is 12.8. The number of carbonyl (C=O) groups is 1. The van der Waals surface area contributed by atoms with Crippen LogP contribution in [0.4, 0.5) is 16.2 Å². The summed E-state index contributed by atoms with van der Waals surface area (Å²) in [6.45, 7) is 3.63. The summed E-state index contributed by atoms with van der Waals surface area (Å²) in [5, 5.41) is 9.93. The molecule has 0 heterocycles. The molecule has 0 saturated carbocycles. The fourth-order valence-corrected chi connectivity index (χ4v) is 1.79. The minimum Gasteiger partial charge on any atom is -0.399 e. The Morgan fingerprint density at radius 3 is 2.18 bits per heavy atom. The molecule has 0 saturated heterocycles. The van der Waals surface area contributed by atoms with Crippen molar-refractivity contribution in [3.63, 3.8) is 0 Å². The third kappa shape index (κ3) is 2.47. The largest absolute Gasteiger partial charge is 0.399 e. The Bertz CT molecular complexity index is 446. The molecular formula is C11H17N5O. The van der Waals surface area contributed by atoms with E-state index in [0.717, 1.165) is 16.0 Å². The smallest absolute Gasteiger partial charge is 0.328 e. The first-order chi connectivity index (χ1) is 7.88. The third-order valence-corrected chi connectivity index (χ3v) is 2.39. The average Bonchev–Trinajstić information content (AvgIpc) is 2.21. The molecule has 6 heteroatoms. The Balaban J connectivity index is 3.38. The van der Waals surface area contributed by atoms with E-state index in [4.69, 9.17) is 16.9 Å². The van der Waals surface area contributed by atoms with Gasteiger partial charge in [-0.1, -0.05) is 0 Å². The number of hydrogen-bond donors (Lipinski definition) is 4. The van der Waals surface area contributed by atoms with Crippen molar-refractivity contribution in [1.29, 1.82) is 5.41 Å². The molecule has 0 aliphatic carbocycles. The number of nitrogens with zero attached hydrogens (tertiary/aromatic N) is 1. The number of aryl methyl sites for hydroxylation is 2. The van der Waals surface area contributed by atoms with Gasteiger partial charge in [0.05, 0.1) is 5.69 Å². The molecule has 0 spiro atoms. The summed E-state index contributed by atoms with van der Waals surface area (Å²) in [5.74, 6) is -0.333. The Hall–Kier alpha value is -2.24. The Morgan fingerprint density at radius 1 is 1.35 bits per heavy atom. The highest BCUT2D eigenvalue weighted by Gasteiger charge is 2.21. The molecular weight excluding hydrogens is 218 g/mol. The van der Waals surface area contributed by atoms with Crippen molar-refractivity contribution in [1.82, 2.24) is 5.32 Å². The average molecular weight is 235 g/mol. The van der Waals surface area contributed by atoms with E-state index < -0.39 is 6.03 Å². The number of amides is 2. The van der Waals surface area contributed by atoms with Gasteiger partial charge in [0.25, 0.3) is 0 Å². The number of guanidine groups is 1. The molecule has 17 heavy (non-hydrogen) atoms. The van der Waals surface area contributed by atoms with Crippen LogP contribution in [0.15, 0.2) is 12.1 Å². The lowest BCUT2D eigenvalue weighted by Gasteiger charge is -2.24. The zero-order valence-electron chi connectivity index (χ0n) is 10.2. The van der Waals surface area contributed by atoms with Gasteiger partial charge < -0.3 is 16.8 Å². The molecule has 1 rings (SSSR count). The highest BCUT2D eigenvalue weighted by molar-refractivity contribution is 6.14. The second-order valence-electron chi connectivity index (χ2n) is 3.78. The van der Waals surface area contributed by atoms with E-state index in [9.17, 15) is 4.79 Å². The fourth-order valence-electron chi connectivity index (χ4n) is 1.79. The monoisotopic (exact) mass is 235 g/mol.